The molecule has 0 unspecified atom stereocenters. The molecule has 2 saturated heterocycles. The molecule has 30 heavy (non-hydrogen) atoms. The maximum Gasteiger partial charge on any atom is 0.233 e. The molecule has 0 saturated carbocycles. The Kier molecular flexibility index (Phi) is 5.35. The first-order chi connectivity index (χ1) is 14.2. The first kappa shape index (κ1) is 20.9. The number of imide groups is 1. The van der Waals surface area contributed by atoms with Crippen molar-refractivity contribution in [1.82, 2.24) is 4.90 Å². The van der Waals surface area contributed by atoms with Crippen LogP contribution in [-0.4, -0.2) is 41.6 Å². The fourth-order valence-electron chi connectivity index (χ4n) is 5.57. The van der Waals surface area contributed by atoms with Gasteiger partial charge >= 0.3 is 0 Å². The van der Waals surface area contributed by atoms with Crippen molar-refractivity contribution >= 4 is 17.9 Å². The third-order valence-corrected chi connectivity index (χ3v) is 7.10. The summed E-state index contributed by atoms with van der Waals surface area (Å²) in [5, 5.41) is 9.97. The molecule has 1 aromatic rings. The van der Waals surface area contributed by atoms with Gasteiger partial charge in [0.15, 0.2) is 0 Å². The van der Waals surface area contributed by atoms with Crippen molar-refractivity contribution in [3.8, 4) is 5.75 Å². The Labute approximate surface area is 178 Å². The maximum atomic E-state index is 12.7. The van der Waals surface area contributed by atoms with Crippen LogP contribution in [0, 0.1) is 31.6 Å². The summed E-state index contributed by atoms with van der Waals surface area (Å²) in [7, 11) is 1.60. The molecule has 1 aliphatic carbocycles. The van der Waals surface area contributed by atoms with E-state index in [-0.39, 0.29) is 35.7 Å². The molecule has 4 atom stereocenters. The normalized spacial score (nSPS) is 29.0. The van der Waals surface area contributed by atoms with Gasteiger partial charge in [-0.15, -0.1) is 0 Å². The molecule has 4 rings (SSSR count). The number of nitrogens with zero attached hydrogens (tertiary/aromatic N) is 1. The van der Waals surface area contributed by atoms with Crippen molar-refractivity contribution in [3.63, 3.8) is 0 Å². The van der Waals surface area contributed by atoms with Gasteiger partial charge in [-0.05, 0) is 81.4 Å². The number of rotatable bonds is 4. The summed E-state index contributed by atoms with van der Waals surface area (Å²) in [5.74, 6) is -0.129. The Morgan fingerprint density at radius 1 is 1.17 bits per heavy atom. The van der Waals surface area contributed by atoms with Gasteiger partial charge in [-0.3, -0.25) is 14.5 Å². The lowest BCUT2D eigenvalue weighted by Crippen LogP contribution is -2.33. The molecular formula is C25H31NO4. The van der Waals surface area contributed by atoms with Gasteiger partial charge in [0.25, 0.3) is 0 Å². The zero-order chi connectivity index (χ0) is 21.7. The Hall–Kier alpha value is -2.40. The van der Waals surface area contributed by atoms with Gasteiger partial charge in [0.2, 0.25) is 11.8 Å². The molecular weight excluding hydrogens is 378 g/mol. The highest BCUT2D eigenvalue weighted by Crippen LogP contribution is 2.49. The van der Waals surface area contributed by atoms with Crippen LogP contribution in [0.1, 0.15) is 49.8 Å². The second kappa shape index (κ2) is 7.69. The number of phenols is 1. The van der Waals surface area contributed by atoms with E-state index >= 15 is 0 Å². The van der Waals surface area contributed by atoms with Gasteiger partial charge in [0.1, 0.15) is 5.75 Å². The SMILES string of the molecule is CC1=C2[C@@H](CC/C(C)=C/c3cc(C)c(O)c(C)c3)OC[C@@H]2[C@@H]2C(=O)N(C)C(=O)[C@@H]2C1. The van der Waals surface area contributed by atoms with E-state index in [2.05, 4.69) is 19.9 Å². The molecule has 2 fully saturated rings. The van der Waals surface area contributed by atoms with Gasteiger partial charge in [0.05, 0.1) is 24.5 Å². The molecule has 1 aromatic carbocycles. The van der Waals surface area contributed by atoms with Crippen LogP contribution < -0.4 is 0 Å². The smallest absolute Gasteiger partial charge is 0.233 e. The summed E-state index contributed by atoms with van der Waals surface area (Å²) in [5.41, 5.74) is 6.61. The minimum atomic E-state index is -0.245. The van der Waals surface area contributed by atoms with Crippen molar-refractivity contribution < 1.29 is 19.4 Å². The molecule has 3 aliphatic rings. The fraction of sp³-hybridized carbons (Fsp3) is 0.520. The predicted molar refractivity (Wildman–Crippen MR) is 116 cm³/mol. The van der Waals surface area contributed by atoms with Crippen LogP contribution in [-0.2, 0) is 14.3 Å². The highest BCUT2D eigenvalue weighted by atomic mass is 16.5. The lowest BCUT2D eigenvalue weighted by atomic mass is 9.70. The lowest BCUT2D eigenvalue weighted by Gasteiger charge is -2.30. The molecule has 160 valence electrons. The number of aromatic hydroxyl groups is 1. The van der Waals surface area contributed by atoms with Gasteiger partial charge in [-0.1, -0.05) is 17.2 Å². The van der Waals surface area contributed by atoms with Crippen molar-refractivity contribution in [2.75, 3.05) is 13.7 Å². The van der Waals surface area contributed by atoms with Crippen LogP contribution >= 0.6 is 0 Å². The third-order valence-electron chi connectivity index (χ3n) is 7.10. The molecule has 0 aromatic heterocycles. The van der Waals surface area contributed by atoms with E-state index in [9.17, 15) is 14.7 Å². The average Bonchev–Trinajstić information content (AvgIpc) is 3.21. The standard InChI is InChI=1S/C25H31NO4/c1-13(8-17-9-15(3)23(27)16(4)10-17)6-7-20-21-14(2)11-18-22(19(21)12-30-20)25(29)26(5)24(18)28/h8-10,18-20,22,27H,6-7,11-12H2,1-5H3/b13-8+/t18-,19+,20-,22-/m1/s1. The van der Waals surface area contributed by atoms with Gasteiger partial charge in [0, 0.05) is 13.0 Å². The number of carbonyl (C=O) groups is 2. The fourth-order valence-corrected chi connectivity index (χ4v) is 5.57. The molecule has 5 nitrogen and oxygen atoms in total. The zero-order valence-corrected chi connectivity index (χ0v) is 18.5. The molecule has 0 bridgehead atoms. The van der Waals surface area contributed by atoms with E-state index in [0.717, 1.165) is 29.5 Å². The van der Waals surface area contributed by atoms with Crippen molar-refractivity contribution in [2.24, 2.45) is 17.8 Å². The number of benzene rings is 1. The first-order valence-corrected chi connectivity index (χ1v) is 10.8. The molecule has 2 aliphatic heterocycles. The Balaban J connectivity index is 1.48. The first-order valence-electron chi connectivity index (χ1n) is 10.8. The number of fused-ring (bicyclic) bond motifs is 3. The molecule has 5 heteroatoms. The highest BCUT2D eigenvalue weighted by molar-refractivity contribution is 6.05. The summed E-state index contributed by atoms with van der Waals surface area (Å²) >= 11 is 0. The molecule has 2 heterocycles. The van der Waals surface area contributed by atoms with Crippen LogP contribution in [0.2, 0.25) is 0 Å². The van der Waals surface area contributed by atoms with E-state index in [0.29, 0.717) is 18.8 Å². The number of likely N-dealkylation sites (tertiary alicyclic amines) is 1. The van der Waals surface area contributed by atoms with Crippen molar-refractivity contribution in [3.05, 3.63) is 45.5 Å². The van der Waals surface area contributed by atoms with Crippen LogP contribution in [0.5, 0.6) is 5.75 Å². The largest absolute Gasteiger partial charge is 0.507 e. The van der Waals surface area contributed by atoms with Crippen LogP contribution in [0.25, 0.3) is 6.08 Å². The second-order valence-corrected chi connectivity index (χ2v) is 9.27. The number of hydrogen-bond donors (Lipinski definition) is 1. The van der Waals surface area contributed by atoms with Gasteiger partial charge in [-0.2, -0.15) is 0 Å². The van der Waals surface area contributed by atoms with Crippen LogP contribution in [0.3, 0.4) is 0 Å². The molecule has 1 N–H and O–H groups in total. The van der Waals surface area contributed by atoms with E-state index in [1.165, 1.54) is 21.6 Å². The summed E-state index contributed by atoms with van der Waals surface area (Å²) in [6.07, 6.45) is 4.63. The van der Waals surface area contributed by atoms with E-state index < -0.39 is 0 Å². The minimum Gasteiger partial charge on any atom is -0.507 e. The number of amides is 2. The summed E-state index contributed by atoms with van der Waals surface area (Å²) in [6, 6.07) is 4.00. The van der Waals surface area contributed by atoms with E-state index in [1.54, 1.807) is 7.05 Å². The Bertz CT molecular complexity index is 950. The lowest BCUT2D eigenvalue weighted by molar-refractivity contribution is -0.138. The van der Waals surface area contributed by atoms with Crippen LogP contribution in [0.4, 0.5) is 0 Å². The summed E-state index contributed by atoms with van der Waals surface area (Å²) < 4.78 is 6.15. The Morgan fingerprint density at radius 3 is 2.50 bits per heavy atom. The summed E-state index contributed by atoms with van der Waals surface area (Å²) in [4.78, 5) is 26.4. The quantitative estimate of drug-likeness (QED) is 0.599. The number of hydrogen-bond acceptors (Lipinski definition) is 4. The predicted octanol–water partition coefficient (Wildman–Crippen LogP) is 4.16. The maximum absolute atomic E-state index is 12.7. The number of carbonyl (C=O) groups excluding carboxylic acids is 2. The number of aryl methyl sites for hydroxylation is 2. The average molecular weight is 410 g/mol. The number of phenolic OH excluding ortho intramolecular Hbond substituents is 1. The van der Waals surface area contributed by atoms with Crippen molar-refractivity contribution in [2.45, 2.75) is 53.1 Å². The topological polar surface area (TPSA) is 66.8 Å². The third kappa shape index (κ3) is 3.39. The van der Waals surface area contributed by atoms with E-state index in [4.69, 9.17) is 4.74 Å². The van der Waals surface area contributed by atoms with Gasteiger partial charge in [-0.25, -0.2) is 0 Å². The number of ether oxygens (including phenoxy) is 1. The minimum absolute atomic E-state index is 0.0244. The Morgan fingerprint density at radius 2 is 1.83 bits per heavy atom. The van der Waals surface area contributed by atoms with Crippen molar-refractivity contribution in [1.29, 1.82) is 0 Å². The summed E-state index contributed by atoms with van der Waals surface area (Å²) in [6.45, 7) is 8.58. The molecule has 0 spiro atoms. The van der Waals surface area contributed by atoms with Crippen LogP contribution in [0.15, 0.2) is 28.9 Å². The van der Waals surface area contributed by atoms with Gasteiger partial charge < -0.3 is 9.84 Å². The monoisotopic (exact) mass is 409 g/mol. The molecule has 0 radical (unpaired) electrons. The zero-order valence-electron chi connectivity index (χ0n) is 18.5. The second-order valence-electron chi connectivity index (χ2n) is 9.27. The number of allylic oxidation sites excluding steroid dienone is 2. The van der Waals surface area contributed by atoms with E-state index in [1.807, 2.05) is 26.0 Å². The molecule has 2 amide bonds. The highest BCUT2D eigenvalue weighted by Gasteiger charge is 2.55.